The van der Waals surface area contributed by atoms with Crippen LogP contribution in [0.2, 0.25) is 0 Å². The number of aromatic amines is 1. The highest BCUT2D eigenvalue weighted by atomic mass is 16.6. The van der Waals surface area contributed by atoms with Crippen LogP contribution < -0.4 is 5.32 Å². The molecule has 0 unspecified atom stereocenters. The molecule has 128 valence electrons. The van der Waals surface area contributed by atoms with Gasteiger partial charge in [0, 0.05) is 18.9 Å². The highest BCUT2D eigenvalue weighted by Gasteiger charge is 2.46. The Morgan fingerprint density at radius 2 is 2.00 bits per heavy atom. The summed E-state index contributed by atoms with van der Waals surface area (Å²) in [6, 6.07) is -0.114. The molecule has 0 aliphatic carbocycles. The Bertz CT molecular complexity index is 598. The lowest BCUT2D eigenvalue weighted by Crippen LogP contribution is -2.54. The Morgan fingerprint density at radius 3 is 2.52 bits per heavy atom. The molecule has 0 bridgehead atoms. The zero-order valence-corrected chi connectivity index (χ0v) is 14.8. The van der Waals surface area contributed by atoms with Crippen molar-refractivity contribution in [1.82, 2.24) is 15.2 Å². The van der Waals surface area contributed by atoms with E-state index in [0.717, 1.165) is 5.56 Å². The molecular formula is C17H27N3O3. The first-order chi connectivity index (χ1) is 10.5. The van der Waals surface area contributed by atoms with Crippen molar-refractivity contribution in [3.05, 3.63) is 23.5 Å². The van der Waals surface area contributed by atoms with Gasteiger partial charge in [-0.25, -0.2) is 4.79 Å². The number of H-pyrrole nitrogens is 1. The quantitative estimate of drug-likeness (QED) is 0.879. The van der Waals surface area contributed by atoms with Gasteiger partial charge in [0.25, 0.3) is 5.91 Å². The van der Waals surface area contributed by atoms with E-state index in [4.69, 9.17) is 4.74 Å². The van der Waals surface area contributed by atoms with Crippen LogP contribution in [0.5, 0.6) is 0 Å². The van der Waals surface area contributed by atoms with E-state index in [1.54, 1.807) is 17.3 Å². The van der Waals surface area contributed by atoms with Gasteiger partial charge in [-0.2, -0.15) is 0 Å². The van der Waals surface area contributed by atoms with Crippen LogP contribution in [0.4, 0.5) is 4.79 Å². The molecule has 6 nitrogen and oxygen atoms in total. The van der Waals surface area contributed by atoms with Gasteiger partial charge in [-0.3, -0.25) is 4.79 Å². The van der Waals surface area contributed by atoms with Crippen LogP contribution in [-0.2, 0) is 4.74 Å². The third kappa shape index (κ3) is 3.68. The highest BCUT2D eigenvalue weighted by Crippen LogP contribution is 2.31. The molecule has 0 spiro atoms. The average Bonchev–Trinajstić information content (AvgIpc) is 2.92. The van der Waals surface area contributed by atoms with Crippen LogP contribution in [0, 0.1) is 6.92 Å². The highest BCUT2D eigenvalue weighted by molar-refractivity contribution is 5.95. The largest absolute Gasteiger partial charge is 0.444 e. The standard InChI is InChI=1S/C17H27N3O3/c1-11-9-18-10-12(11)14(21)19-13-7-8-20(17(13,5)6)15(22)23-16(2,3)4/h9-10,13,18H,7-8H2,1-6H3,(H,19,21)/t13-/m1/s1. The molecule has 0 radical (unpaired) electrons. The molecule has 2 N–H and O–H groups in total. The van der Waals surface area contributed by atoms with Gasteiger partial charge >= 0.3 is 6.09 Å². The van der Waals surface area contributed by atoms with E-state index in [1.807, 2.05) is 41.5 Å². The number of likely N-dealkylation sites (tertiary alicyclic amines) is 1. The summed E-state index contributed by atoms with van der Waals surface area (Å²) in [7, 11) is 0. The van der Waals surface area contributed by atoms with Crippen molar-refractivity contribution in [3.63, 3.8) is 0 Å². The summed E-state index contributed by atoms with van der Waals surface area (Å²) in [5, 5.41) is 3.05. The Balaban J connectivity index is 2.07. The number of aryl methyl sites for hydroxylation is 1. The molecule has 0 saturated carbocycles. The van der Waals surface area contributed by atoms with E-state index in [2.05, 4.69) is 10.3 Å². The van der Waals surface area contributed by atoms with Crippen molar-refractivity contribution in [2.24, 2.45) is 0 Å². The average molecular weight is 321 g/mol. The van der Waals surface area contributed by atoms with Crippen LogP contribution in [-0.4, -0.2) is 45.6 Å². The van der Waals surface area contributed by atoms with Gasteiger partial charge in [0.15, 0.2) is 0 Å². The van der Waals surface area contributed by atoms with Crippen molar-refractivity contribution >= 4 is 12.0 Å². The third-order valence-electron chi connectivity index (χ3n) is 4.31. The molecule has 1 aromatic heterocycles. The number of hydrogen-bond acceptors (Lipinski definition) is 3. The van der Waals surface area contributed by atoms with Crippen molar-refractivity contribution in [2.75, 3.05) is 6.54 Å². The molecule has 23 heavy (non-hydrogen) atoms. The second-order valence-corrected chi connectivity index (χ2v) is 7.65. The van der Waals surface area contributed by atoms with Gasteiger partial charge in [0.2, 0.25) is 0 Å². The molecule has 2 rings (SSSR count). The van der Waals surface area contributed by atoms with Gasteiger partial charge in [-0.05, 0) is 53.5 Å². The molecule has 2 amide bonds. The van der Waals surface area contributed by atoms with E-state index in [0.29, 0.717) is 18.5 Å². The van der Waals surface area contributed by atoms with Gasteiger partial charge in [-0.1, -0.05) is 0 Å². The van der Waals surface area contributed by atoms with Gasteiger partial charge < -0.3 is 19.9 Å². The minimum Gasteiger partial charge on any atom is -0.444 e. The summed E-state index contributed by atoms with van der Waals surface area (Å²) >= 11 is 0. The maximum atomic E-state index is 12.4. The fourth-order valence-corrected chi connectivity index (χ4v) is 2.90. The summed E-state index contributed by atoms with van der Waals surface area (Å²) in [5.41, 5.74) is 0.512. The minimum absolute atomic E-state index is 0.114. The van der Waals surface area contributed by atoms with Gasteiger partial charge in [0.1, 0.15) is 5.60 Å². The Hall–Kier alpha value is -1.98. The normalized spacial score (nSPS) is 20.4. The third-order valence-corrected chi connectivity index (χ3v) is 4.31. The Kier molecular flexibility index (Phi) is 4.46. The van der Waals surface area contributed by atoms with Crippen LogP contribution in [0.1, 0.15) is 57.0 Å². The molecule has 1 fully saturated rings. The van der Waals surface area contributed by atoms with Crippen LogP contribution >= 0.6 is 0 Å². The predicted octanol–water partition coefficient (Wildman–Crippen LogP) is 2.84. The van der Waals surface area contributed by atoms with E-state index in [-0.39, 0.29) is 18.0 Å². The molecule has 0 aromatic carbocycles. The van der Waals surface area contributed by atoms with Crippen LogP contribution in [0.15, 0.2) is 12.4 Å². The fourth-order valence-electron chi connectivity index (χ4n) is 2.90. The van der Waals surface area contributed by atoms with Crippen molar-refractivity contribution < 1.29 is 14.3 Å². The lowest BCUT2D eigenvalue weighted by atomic mass is 9.95. The number of aromatic nitrogens is 1. The summed E-state index contributed by atoms with van der Waals surface area (Å²) in [6.07, 6.45) is 3.86. The number of ether oxygens (including phenoxy) is 1. The smallest absolute Gasteiger partial charge is 0.410 e. The molecule has 1 aliphatic rings. The SMILES string of the molecule is Cc1c[nH]cc1C(=O)N[C@@H]1CCN(C(=O)OC(C)(C)C)C1(C)C. The fraction of sp³-hybridized carbons (Fsp3) is 0.647. The monoisotopic (exact) mass is 321 g/mol. The topological polar surface area (TPSA) is 74.4 Å². The maximum absolute atomic E-state index is 12.4. The first-order valence-electron chi connectivity index (χ1n) is 7.97. The number of carbonyl (C=O) groups excluding carboxylic acids is 2. The molecule has 1 saturated heterocycles. The summed E-state index contributed by atoms with van der Waals surface area (Å²) < 4.78 is 5.47. The second-order valence-electron chi connectivity index (χ2n) is 7.65. The lowest BCUT2D eigenvalue weighted by Gasteiger charge is -2.37. The Morgan fingerprint density at radius 1 is 1.35 bits per heavy atom. The molecule has 2 heterocycles. The number of hydrogen-bond donors (Lipinski definition) is 2. The minimum atomic E-state index is -0.531. The first-order valence-corrected chi connectivity index (χ1v) is 7.97. The maximum Gasteiger partial charge on any atom is 0.410 e. The molecular weight excluding hydrogens is 294 g/mol. The second kappa shape index (κ2) is 5.91. The van der Waals surface area contributed by atoms with Gasteiger partial charge in [-0.15, -0.1) is 0 Å². The molecule has 6 heteroatoms. The molecule has 1 aliphatic heterocycles. The van der Waals surface area contributed by atoms with E-state index in [1.165, 1.54) is 0 Å². The van der Waals surface area contributed by atoms with Crippen LogP contribution in [0.25, 0.3) is 0 Å². The number of rotatable bonds is 2. The molecule has 1 aromatic rings. The Labute approximate surface area is 137 Å². The first kappa shape index (κ1) is 17.4. The van der Waals surface area contributed by atoms with E-state index in [9.17, 15) is 9.59 Å². The summed E-state index contributed by atoms with van der Waals surface area (Å²) in [5.74, 6) is -0.118. The van der Waals surface area contributed by atoms with Crippen LogP contribution in [0.3, 0.4) is 0 Å². The zero-order valence-electron chi connectivity index (χ0n) is 14.8. The number of carbonyl (C=O) groups is 2. The summed E-state index contributed by atoms with van der Waals surface area (Å²) in [4.78, 5) is 29.4. The molecule has 1 atom stereocenters. The predicted molar refractivity (Wildman–Crippen MR) is 88.4 cm³/mol. The number of amides is 2. The number of nitrogens with one attached hydrogen (secondary N) is 2. The zero-order chi connectivity index (χ0) is 17.4. The van der Waals surface area contributed by atoms with Crippen molar-refractivity contribution in [3.8, 4) is 0 Å². The van der Waals surface area contributed by atoms with Crippen molar-refractivity contribution in [1.29, 1.82) is 0 Å². The van der Waals surface area contributed by atoms with Crippen molar-refractivity contribution in [2.45, 2.75) is 65.1 Å². The summed E-state index contributed by atoms with van der Waals surface area (Å²) in [6.45, 7) is 11.9. The lowest BCUT2D eigenvalue weighted by molar-refractivity contribution is 0.0108. The number of nitrogens with zero attached hydrogens (tertiary/aromatic N) is 1. The van der Waals surface area contributed by atoms with E-state index < -0.39 is 11.1 Å². The van der Waals surface area contributed by atoms with Gasteiger partial charge in [0.05, 0.1) is 17.1 Å². The van der Waals surface area contributed by atoms with E-state index >= 15 is 0 Å².